The predicted molar refractivity (Wildman–Crippen MR) is 196 cm³/mol. The van der Waals surface area contributed by atoms with Gasteiger partial charge in [0.15, 0.2) is 0 Å². The van der Waals surface area contributed by atoms with Gasteiger partial charge in [-0.2, -0.15) is 13.2 Å². The zero-order valence-electron chi connectivity index (χ0n) is 30.3. The lowest BCUT2D eigenvalue weighted by molar-refractivity contribution is -0.137. The maximum Gasteiger partial charge on any atom is 0.416 e. The Kier molecular flexibility index (Phi) is 23.7. The molecule has 0 aliphatic heterocycles. The van der Waals surface area contributed by atoms with Gasteiger partial charge < -0.3 is 4.79 Å². The van der Waals surface area contributed by atoms with Gasteiger partial charge >= 0.3 is 6.18 Å². The molecule has 0 N–H and O–H groups in total. The molecule has 1 aliphatic carbocycles. The Hall–Kier alpha value is -3.51. The van der Waals surface area contributed by atoms with Crippen LogP contribution in [0.5, 0.6) is 0 Å². The number of alkyl halides is 3. The highest BCUT2D eigenvalue weighted by atomic mass is 19.4. The lowest BCUT2D eigenvalue weighted by Crippen LogP contribution is -2.32. The number of carbonyl (C=O) groups is 1. The van der Waals surface area contributed by atoms with E-state index in [1.807, 2.05) is 40.7 Å². The standard InChI is InChI=1S/C15H18F3N.C14H21N.C8H10.C2H4O.C2H6/c1-5-14(10(2)3)19-11(4)12-6-8-13(9-7-12)15(16,17)18;1-15(14-10-6-3-7-11-14)12-13-8-4-2-5-9-13;1-2-8-6-4-3-5-7-8;1-2-3;1-2/h6-9H,5H2,1-4H3;2,4-5,8-9,14H,3,6-7,10-12H2,1H3;3-7H,2H2,1H3;2H,1H3;1-2H3. The summed E-state index contributed by atoms with van der Waals surface area (Å²) in [4.78, 5) is 15.8. The van der Waals surface area contributed by atoms with Gasteiger partial charge in [0.2, 0.25) is 0 Å². The van der Waals surface area contributed by atoms with Crippen LogP contribution in [0.3, 0.4) is 0 Å². The third-order valence-electron chi connectivity index (χ3n) is 7.57. The topological polar surface area (TPSA) is 32.7 Å². The summed E-state index contributed by atoms with van der Waals surface area (Å²) >= 11 is 0. The number of carbonyl (C=O) groups excluding carboxylic acids is 1. The summed E-state index contributed by atoms with van der Waals surface area (Å²) in [7, 11) is 2.27. The molecule has 1 aliphatic rings. The lowest BCUT2D eigenvalue weighted by atomic mass is 9.94. The van der Waals surface area contributed by atoms with Crippen molar-refractivity contribution in [1.29, 1.82) is 0 Å². The highest BCUT2D eigenvalue weighted by Crippen LogP contribution is 2.29. The van der Waals surface area contributed by atoms with Gasteiger partial charge in [-0.05, 0) is 89.2 Å². The van der Waals surface area contributed by atoms with Crippen molar-refractivity contribution in [2.45, 2.75) is 119 Å². The molecule has 3 aromatic rings. The van der Waals surface area contributed by atoms with Gasteiger partial charge in [0, 0.05) is 24.0 Å². The normalized spacial score (nSPS) is 12.8. The maximum absolute atomic E-state index is 12.5. The summed E-state index contributed by atoms with van der Waals surface area (Å²) in [5.41, 5.74) is 5.73. The molecule has 0 saturated heterocycles. The molecule has 1 fully saturated rings. The molecule has 260 valence electrons. The van der Waals surface area contributed by atoms with Crippen LogP contribution in [0.1, 0.15) is 116 Å². The summed E-state index contributed by atoms with van der Waals surface area (Å²) in [5, 5.41) is 0. The Morgan fingerprint density at radius 2 is 1.28 bits per heavy atom. The van der Waals surface area contributed by atoms with Crippen molar-refractivity contribution in [1.82, 2.24) is 4.90 Å². The van der Waals surface area contributed by atoms with Crippen molar-refractivity contribution >= 4 is 12.0 Å². The van der Waals surface area contributed by atoms with E-state index in [2.05, 4.69) is 78.5 Å². The van der Waals surface area contributed by atoms with Gasteiger partial charge in [-0.3, -0.25) is 9.89 Å². The van der Waals surface area contributed by atoms with Gasteiger partial charge in [0.25, 0.3) is 0 Å². The first-order chi connectivity index (χ1) is 22.5. The van der Waals surface area contributed by atoms with Crippen molar-refractivity contribution < 1.29 is 18.0 Å². The molecule has 6 heteroatoms. The van der Waals surface area contributed by atoms with E-state index >= 15 is 0 Å². The second-order valence-corrected chi connectivity index (χ2v) is 11.3. The molecule has 0 atom stereocenters. The SMILES string of the molecule is CC.CC=O.CCC(N=C(C)c1ccc(C(F)(F)F)cc1)=C(C)C.CCc1ccccc1.CN(Cc1ccccc1)C1CCCCC1. The van der Waals surface area contributed by atoms with Crippen LogP contribution in [0.15, 0.2) is 101 Å². The molecule has 4 rings (SSSR count). The Morgan fingerprint density at radius 3 is 1.66 bits per heavy atom. The average Bonchev–Trinajstić information content (AvgIpc) is 3.09. The average molecular weight is 653 g/mol. The van der Waals surface area contributed by atoms with Crippen LogP contribution in [-0.2, 0) is 23.9 Å². The Morgan fingerprint density at radius 1 is 0.809 bits per heavy atom. The van der Waals surface area contributed by atoms with Crippen LogP contribution in [0.25, 0.3) is 0 Å². The number of nitrogens with zero attached hydrogens (tertiary/aromatic N) is 2. The third-order valence-corrected chi connectivity index (χ3v) is 7.57. The molecular weight excluding hydrogens is 593 g/mol. The molecule has 0 aromatic heterocycles. The summed E-state index contributed by atoms with van der Waals surface area (Å²) < 4.78 is 37.4. The number of hydrogen-bond acceptors (Lipinski definition) is 3. The van der Waals surface area contributed by atoms with Crippen molar-refractivity contribution in [3.63, 3.8) is 0 Å². The minimum atomic E-state index is -4.29. The molecule has 0 bridgehead atoms. The van der Waals surface area contributed by atoms with Gasteiger partial charge in [-0.15, -0.1) is 0 Å². The molecule has 0 spiro atoms. The summed E-state index contributed by atoms with van der Waals surface area (Å²) in [6.07, 6.45) is 5.47. The van der Waals surface area contributed by atoms with Crippen LogP contribution in [-0.4, -0.2) is 30.0 Å². The summed E-state index contributed by atoms with van der Waals surface area (Å²) in [5.74, 6) is 0. The van der Waals surface area contributed by atoms with E-state index in [4.69, 9.17) is 4.79 Å². The second kappa shape index (κ2) is 25.6. The van der Waals surface area contributed by atoms with Crippen LogP contribution in [0, 0.1) is 0 Å². The number of rotatable bonds is 7. The highest BCUT2D eigenvalue weighted by molar-refractivity contribution is 5.99. The van der Waals surface area contributed by atoms with E-state index in [1.165, 1.54) is 62.3 Å². The minimum absolute atomic E-state index is 0.637. The van der Waals surface area contributed by atoms with E-state index in [0.717, 1.165) is 60.8 Å². The molecule has 0 unspecified atom stereocenters. The fourth-order valence-electron chi connectivity index (χ4n) is 4.95. The van der Waals surface area contributed by atoms with Gasteiger partial charge in [0.05, 0.1) is 5.56 Å². The molecule has 0 heterocycles. The van der Waals surface area contributed by atoms with Crippen LogP contribution < -0.4 is 0 Å². The number of hydrogen-bond donors (Lipinski definition) is 0. The molecule has 0 amide bonds. The number of aldehydes is 1. The number of benzene rings is 3. The molecule has 1 saturated carbocycles. The zero-order chi connectivity index (χ0) is 35.7. The van der Waals surface area contributed by atoms with Crippen molar-refractivity contribution in [2.24, 2.45) is 4.99 Å². The Bertz CT molecular complexity index is 1260. The van der Waals surface area contributed by atoms with Gasteiger partial charge in [-0.1, -0.05) is 125 Å². The fraction of sp³-hybridized carbons (Fsp3) is 0.463. The number of aliphatic imine (C=N–C) groups is 1. The highest BCUT2D eigenvalue weighted by Gasteiger charge is 2.30. The number of allylic oxidation sites excluding steroid dienone is 2. The van der Waals surface area contributed by atoms with Crippen LogP contribution in [0.2, 0.25) is 0 Å². The molecular formula is C41H59F3N2O. The number of halogens is 3. The van der Waals surface area contributed by atoms with E-state index in [-0.39, 0.29) is 0 Å². The fourth-order valence-corrected chi connectivity index (χ4v) is 4.95. The first-order valence-electron chi connectivity index (χ1n) is 17.0. The molecule has 47 heavy (non-hydrogen) atoms. The Balaban J connectivity index is 0.000000668. The summed E-state index contributed by atoms with van der Waals surface area (Å²) in [6, 6.07) is 27.2. The quantitative estimate of drug-likeness (QED) is 0.188. The molecule has 3 nitrogen and oxygen atoms in total. The van der Waals surface area contributed by atoms with Crippen LogP contribution in [0.4, 0.5) is 13.2 Å². The molecule has 0 radical (unpaired) electrons. The van der Waals surface area contributed by atoms with Gasteiger partial charge in [-0.25, -0.2) is 0 Å². The van der Waals surface area contributed by atoms with E-state index in [0.29, 0.717) is 5.56 Å². The van der Waals surface area contributed by atoms with E-state index in [1.54, 1.807) is 6.92 Å². The number of aryl methyl sites for hydroxylation is 1. The monoisotopic (exact) mass is 652 g/mol. The largest absolute Gasteiger partial charge is 0.416 e. The Labute approximate surface area is 284 Å². The smallest absolute Gasteiger partial charge is 0.304 e. The first kappa shape index (κ1) is 43.5. The second-order valence-electron chi connectivity index (χ2n) is 11.3. The lowest BCUT2D eigenvalue weighted by Gasteiger charge is -2.31. The van der Waals surface area contributed by atoms with Crippen LogP contribution >= 0.6 is 0 Å². The first-order valence-corrected chi connectivity index (χ1v) is 17.0. The third kappa shape index (κ3) is 19.0. The van der Waals surface area contributed by atoms with E-state index < -0.39 is 11.7 Å². The minimum Gasteiger partial charge on any atom is -0.304 e. The van der Waals surface area contributed by atoms with Crippen molar-refractivity contribution in [3.8, 4) is 0 Å². The maximum atomic E-state index is 12.5. The van der Waals surface area contributed by atoms with Crippen molar-refractivity contribution in [2.75, 3.05) is 7.05 Å². The van der Waals surface area contributed by atoms with Gasteiger partial charge in [0.1, 0.15) is 6.29 Å². The van der Waals surface area contributed by atoms with Crippen molar-refractivity contribution in [3.05, 3.63) is 118 Å². The molecule has 3 aromatic carbocycles. The van der Waals surface area contributed by atoms with E-state index in [9.17, 15) is 13.2 Å². The zero-order valence-corrected chi connectivity index (χ0v) is 30.3. The summed E-state index contributed by atoms with van der Waals surface area (Å²) in [6.45, 7) is 16.5. The predicted octanol–water partition coefficient (Wildman–Crippen LogP) is 12.1.